The van der Waals surface area contributed by atoms with Crippen LogP contribution in [-0.2, 0) is 20.6 Å². The van der Waals surface area contributed by atoms with Crippen molar-refractivity contribution in [3.8, 4) is 11.6 Å². The summed E-state index contributed by atoms with van der Waals surface area (Å²) in [6.07, 6.45) is 4.70. The van der Waals surface area contributed by atoms with E-state index in [0.29, 0.717) is 36.6 Å². The maximum Gasteiger partial charge on any atom is 0.290 e. The zero-order valence-electron chi connectivity index (χ0n) is 17.6. The van der Waals surface area contributed by atoms with Crippen molar-refractivity contribution in [2.75, 3.05) is 19.0 Å². The van der Waals surface area contributed by atoms with Gasteiger partial charge < -0.3 is 14.8 Å². The molecule has 30 heavy (non-hydrogen) atoms. The molecule has 4 rings (SSSR count). The molecule has 1 N–H and O–H groups in total. The fourth-order valence-corrected chi connectivity index (χ4v) is 3.51. The minimum atomic E-state index is -0.198. The third-order valence-electron chi connectivity index (χ3n) is 5.37. The number of anilines is 1. The fraction of sp³-hybridized carbons (Fsp3) is 0.429. The van der Waals surface area contributed by atoms with Gasteiger partial charge in [-0.2, -0.15) is 5.10 Å². The summed E-state index contributed by atoms with van der Waals surface area (Å²) in [5, 5.41) is 11.7. The predicted molar refractivity (Wildman–Crippen MR) is 112 cm³/mol. The summed E-state index contributed by atoms with van der Waals surface area (Å²) in [6, 6.07) is 5.59. The molecule has 2 atom stereocenters. The summed E-state index contributed by atoms with van der Waals surface area (Å²) < 4.78 is 14.1. The number of aryl methyl sites for hydroxylation is 3. The van der Waals surface area contributed by atoms with Crippen molar-refractivity contribution >= 4 is 5.69 Å². The summed E-state index contributed by atoms with van der Waals surface area (Å²) in [6.45, 7) is 2.98. The molecule has 3 heterocycles. The third-order valence-corrected chi connectivity index (χ3v) is 5.37. The summed E-state index contributed by atoms with van der Waals surface area (Å²) in [5.74, 6) is 1.95. The minimum Gasteiger partial charge on any atom is -0.495 e. The van der Waals surface area contributed by atoms with Crippen LogP contribution in [0.1, 0.15) is 29.3 Å². The summed E-state index contributed by atoms with van der Waals surface area (Å²) in [4.78, 5) is 16.9. The Hall–Kier alpha value is -3.36. The van der Waals surface area contributed by atoms with Crippen LogP contribution in [0.5, 0.6) is 11.6 Å². The normalized spacial score (nSPS) is 17.6. The first-order valence-corrected chi connectivity index (χ1v) is 9.88. The second-order valence-corrected chi connectivity index (χ2v) is 7.63. The molecule has 9 nitrogen and oxygen atoms in total. The monoisotopic (exact) mass is 410 g/mol. The van der Waals surface area contributed by atoms with E-state index >= 15 is 0 Å². The topological polar surface area (TPSA) is 96.1 Å². The fourth-order valence-electron chi connectivity index (χ4n) is 3.51. The molecule has 0 amide bonds. The van der Waals surface area contributed by atoms with Crippen LogP contribution in [0.3, 0.4) is 0 Å². The molecular weight excluding hydrogens is 384 g/mol. The zero-order chi connectivity index (χ0) is 21.3. The largest absolute Gasteiger partial charge is 0.495 e. The number of rotatable bonds is 8. The van der Waals surface area contributed by atoms with Gasteiger partial charge in [0.2, 0.25) is 5.88 Å². The lowest BCUT2D eigenvalue weighted by Gasteiger charge is -2.10. The second kappa shape index (κ2) is 8.17. The Morgan fingerprint density at radius 3 is 2.77 bits per heavy atom. The standard InChI is InChI=1S/C21H26N6O3/c1-13-15(11-26(2)24-13)9-22-19-8-20(25-27(3)21(19)28)30-12-14-7-17(14)18-6-5-16(29-4)10-23-18/h5-6,8,10-11,14,17,22H,7,9,12H2,1-4H3. The lowest BCUT2D eigenvalue weighted by Crippen LogP contribution is -2.24. The van der Waals surface area contributed by atoms with Gasteiger partial charge >= 0.3 is 0 Å². The first kappa shape index (κ1) is 19.9. The van der Waals surface area contributed by atoms with Crippen LogP contribution in [0.15, 0.2) is 35.4 Å². The molecule has 2 unspecified atom stereocenters. The van der Waals surface area contributed by atoms with Crippen molar-refractivity contribution in [1.82, 2.24) is 24.5 Å². The van der Waals surface area contributed by atoms with Gasteiger partial charge in [0.1, 0.15) is 11.4 Å². The summed E-state index contributed by atoms with van der Waals surface area (Å²) >= 11 is 0. The van der Waals surface area contributed by atoms with Gasteiger partial charge in [0.25, 0.3) is 5.56 Å². The van der Waals surface area contributed by atoms with Crippen LogP contribution < -0.4 is 20.3 Å². The number of ether oxygens (including phenoxy) is 2. The highest BCUT2D eigenvalue weighted by Crippen LogP contribution is 2.46. The smallest absolute Gasteiger partial charge is 0.290 e. The number of nitrogens with one attached hydrogen (secondary N) is 1. The summed E-state index contributed by atoms with van der Waals surface area (Å²) in [5.41, 5.74) is 3.27. The highest BCUT2D eigenvalue weighted by Gasteiger charge is 2.40. The first-order chi connectivity index (χ1) is 14.4. The number of hydrogen-bond donors (Lipinski definition) is 1. The Bertz CT molecular complexity index is 1090. The average molecular weight is 410 g/mol. The van der Waals surface area contributed by atoms with E-state index in [1.54, 1.807) is 31.1 Å². The molecule has 1 aliphatic carbocycles. The quantitative estimate of drug-likeness (QED) is 0.607. The van der Waals surface area contributed by atoms with E-state index in [0.717, 1.165) is 29.1 Å². The Kier molecular flexibility index (Phi) is 5.43. The van der Waals surface area contributed by atoms with Crippen molar-refractivity contribution in [2.45, 2.75) is 25.8 Å². The van der Waals surface area contributed by atoms with Crippen molar-refractivity contribution < 1.29 is 9.47 Å². The molecule has 0 saturated heterocycles. The number of methoxy groups -OCH3 is 1. The maximum absolute atomic E-state index is 12.4. The van der Waals surface area contributed by atoms with E-state index in [-0.39, 0.29) is 5.56 Å². The van der Waals surface area contributed by atoms with E-state index in [1.165, 1.54) is 4.68 Å². The van der Waals surface area contributed by atoms with Gasteiger partial charge in [-0.3, -0.25) is 14.5 Å². The minimum absolute atomic E-state index is 0.198. The molecule has 1 fully saturated rings. The first-order valence-electron chi connectivity index (χ1n) is 9.88. The Morgan fingerprint density at radius 1 is 1.27 bits per heavy atom. The molecule has 0 bridgehead atoms. The van der Waals surface area contributed by atoms with Gasteiger partial charge in [0.15, 0.2) is 0 Å². The van der Waals surface area contributed by atoms with Gasteiger partial charge in [0, 0.05) is 56.0 Å². The van der Waals surface area contributed by atoms with Crippen molar-refractivity contribution in [1.29, 1.82) is 0 Å². The Morgan fingerprint density at radius 2 is 2.10 bits per heavy atom. The summed E-state index contributed by atoms with van der Waals surface area (Å²) in [7, 11) is 5.13. The molecule has 0 aromatic carbocycles. The maximum atomic E-state index is 12.4. The SMILES string of the molecule is COc1ccc(C2CC2COc2cc(NCc3cn(C)nc3C)c(=O)n(C)n2)nc1. The van der Waals surface area contributed by atoms with Crippen LogP contribution in [0, 0.1) is 12.8 Å². The molecule has 158 valence electrons. The number of hydrogen-bond acceptors (Lipinski definition) is 7. The van der Waals surface area contributed by atoms with Crippen LogP contribution in [0.25, 0.3) is 0 Å². The number of aromatic nitrogens is 5. The molecule has 3 aromatic heterocycles. The third kappa shape index (κ3) is 4.29. The van der Waals surface area contributed by atoms with E-state index in [9.17, 15) is 4.79 Å². The van der Waals surface area contributed by atoms with Gasteiger partial charge in [-0.15, -0.1) is 5.10 Å². The van der Waals surface area contributed by atoms with Gasteiger partial charge in [-0.1, -0.05) is 0 Å². The molecule has 9 heteroatoms. The molecule has 0 radical (unpaired) electrons. The second-order valence-electron chi connectivity index (χ2n) is 7.63. The van der Waals surface area contributed by atoms with Crippen molar-refractivity contribution in [3.63, 3.8) is 0 Å². The number of nitrogens with zero attached hydrogens (tertiary/aromatic N) is 5. The highest BCUT2D eigenvalue weighted by molar-refractivity contribution is 5.44. The van der Waals surface area contributed by atoms with E-state index in [1.807, 2.05) is 32.3 Å². The zero-order valence-corrected chi connectivity index (χ0v) is 17.6. The van der Waals surface area contributed by atoms with Gasteiger partial charge in [-0.25, -0.2) is 4.68 Å². The van der Waals surface area contributed by atoms with Crippen molar-refractivity contribution in [3.05, 3.63) is 57.9 Å². The van der Waals surface area contributed by atoms with Crippen LogP contribution in [-0.4, -0.2) is 38.3 Å². The molecule has 1 aliphatic rings. The van der Waals surface area contributed by atoms with E-state index in [2.05, 4.69) is 20.5 Å². The number of pyridine rings is 1. The molecule has 0 aliphatic heterocycles. The predicted octanol–water partition coefficient (Wildman–Crippen LogP) is 2.02. The molecule has 0 spiro atoms. The highest BCUT2D eigenvalue weighted by atomic mass is 16.5. The van der Waals surface area contributed by atoms with Gasteiger partial charge in [0.05, 0.1) is 25.6 Å². The average Bonchev–Trinajstić information content (AvgIpc) is 3.44. The van der Waals surface area contributed by atoms with E-state index < -0.39 is 0 Å². The Balaban J connectivity index is 1.37. The van der Waals surface area contributed by atoms with Gasteiger partial charge in [-0.05, 0) is 25.5 Å². The lowest BCUT2D eigenvalue weighted by atomic mass is 10.2. The molecular formula is C21H26N6O3. The van der Waals surface area contributed by atoms with E-state index in [4.69, 9.17) is 9.47 Å². The van der Waals surface area contributed by atoms with Crippen LogP contribution in [0.2, 0.25) is 0 Å². The Labute approximate surface area is 174 Å². The molecule has 1 saturated carbocycles. The van der Waals surface area contributed by atoms with Crippen LogP contribution >= 0.6 is 0 Å². The lowest BCUT2D eigenvalue weighted by molar-refractivity contribution is 0.278. The van der Waals surface area contributed by atoms with Crippen LogP contribution in [0.4, 0.5) is 5.69 Å². The molecule has 3 aromatic rings. The van der Waals surface area contributed by atoms with Crippen molar-refractivity contribution in [2.24, 2.45) is 20.0 Å².